The van der Waals surface area contributed by atoms with E-state index in [0.29, 0.717) is 0 Å². The molecule has 3 nitrogen and oxygen atoms in total. The molecule has 1 saturated heterocycles. The van der Waals surface area contributed by atoms with Gasteiger partial charge in [0.15, 0.2) is 0 Å². The molecule has 0 N–H and O–H groups in total. The largest absolute Gasteiger partial charge is 0.511 e. The molecule has 15 heavy (non-hydrogen) atoms. The van der Waals surface area contributed by atoms with E-state index in [1.807, 2.05) is 0 Å². The van der Waals surface area contributed by atoms with Crippen molar-refractivity contribution in [2.45, 2.75) is 24.1 Å². The zero-order valence-electron chi connectivity index (χ0n) is 6.93. The predicted molar refractivity (Wildman–Crippen MR) is 36.1 cm³/mol. The van der Waals surface area contributed by atoms with Crippen LogP contribution < -0.4 is 0 Å². The van der Waals surface area contributed by atoms with Crippen LogP contribution in [0.4, 0.5) is 26.3 Å². The highest BCUT2D eigenvalue weighted by Crippen LogP contribution is 2.39. The lowest BCUT2D eigenvalue weighted by atomic mass is 10.3. The van der Waals surface area contributed by atoms with E-state index in [0.717, 1.165) is 0 Å². The van der Waals surface area contributed by atoms with Gasteiger partial charge >= 0.3 is 21.7 Å². The fraction of sp³-hybridized carbons (Fsp3) is 1.00. The Hall–Kier alpha value is -0.510. The van der Waals surface area contributed by atoms with Crippen LogP contribution in [0.3, 0.4) is 0 Å². The van der Waals surface area contributed by atoms with Gasteiger partial charge in [-0.2, -0.15) is 30.6 Å². The summed E-state index contributed by atoms with van der Waals surface area (Å²) in [6.07, 6.45) is -6.22. The average Bonchev–Trinajstić information content (AvgIpc) is 2.60. The second-order valence-electron chi connectivity index (χ2n) is 2.99. The topological polar surface area (TPSA) is 37.1 Å². The van der Waals surface area contributed by atoms with Crippen LogP contribution >= 0.6 is 0 Å². The van der Waals surface area contributed by atoms with Crippen molar-refractivity contribution in [3.8, 4) is 0 Å². The van der Waals surface area contributed by atoms with E-state index in [1.54, 1.807) is 0 Å². The van der Waals surface area contributed by atoms with Crippen LogP contribution in [0, 0.1) is 0 Å². The van der Waals surface area contributed by atoms with E-state index in [4.69, 9.17) is 0 Å². The summed E-state index contributed by atoms with van der Waals surface area (Å²) < 4.78 is 91.4. The average molecular weight is 257 g/mol. The van der Waals surface area contributed by atoms with Crippen LogP contribution in [0.15, 0.2) is 0 Å². The Morgan fingerprint density at radius 1 is 1.13 bits per heavy atom. The summed E-state index contributed by atoms with van der Waals surface area (Å²) in [7, 11) is -5.59. The van der Waals surface area contributed by atoms with E-state index in [1.165, 1.54) is 0 Å². The predicted octanol–water partition coefficient (Wildman–Crippen LogP) is 1.47. The van der Waals surface area contributed by atoms with E-state index < -0.39 is 40.7 Å². The number of halogens is 6. The number of hydrogen-bond donors (Lipinski definition) is 0. The van der Waals surface area contributed by atoms with Gasteiger partial charge in [0, 0.05) is 12.6 Å². The lowest BCUT2D eigenvalue weighted by molar-refractivity contribution is -0.135. The second-order valence-corrected chi connectivity index (χ2v) is 4.88. The highest BCUT2D eigenvalue weighted by Gasteiger charge is 2.59. The fourth-order valence-corrected chi connectivity index (χ4v) is 2.12. The molecule has 10 heteroatoms. The highest BCUT2D eigenvalue weighted by molar-refractivity contribution is 7.90. The van der Waals surface area contributed by atoms with Gasteiger partial charge in [0.05, 0.1) is 6.42 Å². The molecule has 1 rings (SSSR count). The van der Waals surface area contributed by atoms with Gasteiger partial charge in [-0.3, -0.25) is 0 Å². The van der Waals surface area contributed by atoms with E-state index >= 15 is 0 Å². The summed E-state index contributed by atoms with van der Waals surface area (Å²) in [5.74, 6) is 0. The molecule has 0 saturated carbocycles. The maximum atomic E-state index is 11.8. The molecule has 90 valence electrons. The van der Waals surface area contributed by atoms with Crippen LogP contribution in [0.1, 0.15) is 6.42 Å². The van der Waals surface area contributed by atoms with Gasteiger partial charge in [0.1, 0.15) is 0 Å². The molecular weight excluding hydrogens is 252 g/mol. The summed E-state index contributed by atoms with van der Waals surface area (Å²) >= 11 is 0. The SMILES string of the molecule is O=S(=O)(N1CC1CC(F)(F)F)C(F)(F)F. The molecule has 0 aromatic heterocycles. The smallest absolute Gasteiger partial charge is 0.203 e. The Kier molecular flexibility index (Phi) is 2.71. The fourth-order valence-electron chi connectivity index (χ4n) is 1.02. The number of hydrogen-bond acceptors (Lipinski definition) is 2. The quantitative estimate of drug-likeness (QED) is 0.555. The lowest BCUT2D eigenvalue weighted by Gasteiger charge is -2.10. The molecule has 0 amide bonds. The molecule has 2 atom stereocenters. The molecule has 0 aliphatic carbocycles. The summed E-state index contributed by atoms with van der Waals surface area (Å²) in [4.78, 5) is 0. The van der Waals surface area contributed by atoms with Crippen molar-refractivity contribution in [1.29, 1.82) is 0 Å². The van der Waals surface area contributed by atoms with Crippen LogP contribution in [0.25, 0.3) is 0 Å². The van der Waals surface area contributed by atoms with Gasteiger partial charge in [0.2, 0.25) is 0 Å². The molecule has 1 heterocycles. The Bertz CT molecular complexity index is 344. The van der Waals surface area contributed by atoms with Gasteiger partial charge in [-0.1, -0.05) is 0 Å². The minimum Gasteiger partial charge on any atom is -0.203 e. The lowest BCUT2D eigenvalue weighted by Crippen LogP contribution is -2.31. The van der Waals surface area contributed by atoms with Crippen molar-refractivity contribution >= 4 is 10.0 Å². The van der Waals surface area contributed by atoms with E-state index in [2.05, 4.69) is 0 Å². The Morgan fingerprint density at radius 2 is 1.60 bits per heavy atom. The second kappa shape index (κ2) is 3.24. The Balaban J connectivity index is 2.67. The molecular formula is C5H5F6NO2S. The van der Waals surface area contributed by atoms with Crippen molar-refractivity contribution in [3.63, 3.8) is 0 Å². The first-order valence-corrected chi connectivity index (χ1v) is 5.04. The third-order valence-electron chi connectivity index (χ3n) is 1.73. The number of alkyl halides is 6. The standard InChI is InChI=1S/C5H5F6NO2S/c6-4(7,8)1-3-2-12(3)15(13,14)5(9,10)11/h3H,1-2H2. The molecule has 0 radical (unpaired) electrons. The molecule has 2 unspecified atom stereocenters. The third-order valence-corrected chi connectivity index (χ3v) is 3.38. The Labute approximate surface area is 80.7 Å². The summed E-state index contributed by atoms with van der Waals surface area (Å²) in [5.41, 5.74) is -5.53. The molecule has 0 spiro atoms. The van der Waals surface area contributed by atoms with Crippen molar-refractivity contribution < 1.29 is 34.8 Å². The van der Waals surface area contributed by atoms with Gasteiger partial charge in [-0.15, -0.1) is 0 Å². The number of sulfonamides is 1. The third kappa shape index (κ3) is 2.74. The zero-order valence-corrected chi connectivity index (χ0v) is 7.75. The van der Waals surface area contributed by atoms with Gasteiger partial charge in [0.25, 0.3) is 0 Å². The molecule has 0 aromatic rings. The number of rotatable bonds is 2. The molecule has 1 aliphatic heterocycles. The van der Waals surface area contributed by atoms with Crippen molar-refractivity contribution in [1.82, 2.24) is 4.31 Å². The first kappa shape index (κ1) is 12.6. The maximum Gasteiger partial charge on any atom is 0.511 e. The normalized spacial score (nSPS) is 27.9. The van der Waals surface area contributed by atoms with Crippen molar-refractivity contribution in [2.75, 3.05) is 6.54 Å². The Morgan fingerprint density at radius 3 is 1.93 bits per heavy atom. The first-order valence-electron chi connectivity index (χ1n) is 3.60. The summed E-state index contributed by atoms with van der Waals surface area (Å²) in [6, 6.07) is -1.61. The summed E-state index contributed by atoms with van der Waals surface area (Å²) in [5, 5.41) is 0. The van der Waals surface area contributed by atoms with Crippen LogP contribution in [-0.4, -0.2) is 37.0 Å². The molecule has 1 aliphatic rings. The molecule has 0 aromatic carbocycles. The summed E-state index contributed by atoms with van der Waals surface area (Å²) in [6.45, 7) is -0.735. The minimum atomic E-state index is -5.59. The zero-order chi connectivity index (χ0) is 12.1. The first-order chi connectivity index (χ1) is 6.45. The van der Waals surface area contributed by atoms with Crippen LogP contribution in [-0.2, 0) is 10.0 Å². The van der Waals surface area contributed by atoms with Crippen LogP contribution in [0.2, 0.25) is 0 Å². The van der Waals surface area contributed by atoms with E-state index in [9.17, 15) is 34.8 Å². The van der Waals surface area contributed by atoms with E-state index in [-0.39, 0.29) is 4.31 Å². The minimum absolute atomic E-state index is 0.208. The number of nitrogens with zero attached hydrogens (tertiary/aromatic N) is 1. The molecule has 1 fully saturated rings. The van der Waals surface area contributed by atoms with Crippen LogP contribution in [0.5, 0.6) is 0 Å². The maximum absolute atomic E-state index is 11.8. The highest BCUT2D eigenvalue weighted by atomic mass is 32.2. The monoisotopic (exact) mass is 257 g/mol. The van der Waals surface area contributed by atoms with Gasteiger partial charge in [-0.25, -0.2) is 8.42 Å². The van der Waals surface area contributed by atoms with Gasteiger partial charge in [-0.05, 0) is 0 Å². The van der Waals surface area contributed by atoms with Crippen molar-refractivity contribution in [3.05, 3.63) is 0 Å². The molecule has 0 bridgehead atoms. The van der Waals surface area contributed by atoms with Gasteiger partial charge < -0.3 is 0 Å². The van der Waals surface area contributed by atoms with Crippen molar-refractivity contribution in [2.24, 2.45) is 0 Å².